The lowest BCUT2D eigenvalue weighted by Gasteiger charge is -2.26. The zero-order valence-electron chi connectivity index (χ0n) is 9.95. The van der Waals surface area contributed by atoms with Crippen LogP contribution in [0.1, 0.15) is 31.4 Å². The Balaban J connectivity index is 2.00. The Morgan fingerprint density at radius 1 is 1.41 bits per heavy atom. The predicted molar refractivity (Wildman–Crippen MR) is 70.0 cm³/mol. The van der Waals surface area contributed by atoms with Gasteiger partial charge in [-0.05, 0) is 37.3 Å². The molecule has 0 saturated carbocycles. The maximum absolute atomic E-state index is 12.9. The number of phenols is 1. The first-order valence-corrected chi connectivity index (χ1v) is 7.14. The lowest BCUT2D eigenvalue weighted by atomic mass is 10.0. The Kier molecular flexibility index (Phi) is 4.29. The summed E-state index contributed by atoms with van der Waals surface area (Å²) in [5.74, 6) is 2.03. The summed E-state index contributed by atoms with van der Waals surface area (Å²) in [5.41, 5.74) is 0.768. The molecular weight excluding hydrogens is 237 g/mol. The summed E-state index contributed by atoms with van der Waals surface area (Å²) < 4.78 is 12.9. The van der Waals surface area contributed by atoms with Crippen LogP contribution in [0.2, 0.25) is 0 Å². The molecule has 0 amide bonds. The number of benzene rings is 1. The zero-order chi connectivity index (χ0) is 12.3. The minimum absolute atomic E-state index is 0.0372. The van der Waals surface area contributed by atoms with Crippen LogP contribution in [0.5, 0.6) is 5.75 Å². The van der Waals surface area contributed by atoms with Crippen molar-refractivity contribution >= 4 is 11.8 Å². The SMILES string of the molecule is CC(NC1CCSCC1)c1ccc(F)cc1O. The van der Waals surface area contributed by atoms with Gasteiger partial charge in [0, 0.05) is 23.7 Å². The molecule has 94 valence electrons. The lowest BCUT2D eigenvalue weighted by molar-refractivity contribution is 0.408. The Morgan fingerprint density at radius 3 is 2.76 bits per heavy atom. The maximum atomic E-state index is 12.9. The van der Waals surface area contributed by atoms with Crippen LogP contribution >= 0.6 is 11.8 Å². The van der Waals surface area contributed by atoms with Crippen LogP contribution in [0.4, 0.5) is 4.39 Å². The van der Waals surface area contributed by atoms with Crippen molar-refractivity contribution in [3.63, 3.8) is 0 Å². The summed E-state index contributed by atoms with van der Waals surface area (Å²) in [4.78, 5) is 0. The second-order valence-electron chi connectivity index (χ2n) is 4.48. The Labute approximate surface area is 106 Å². The first-order valence-electron chi connectivity index (χ1n) is 5.99. The normalized spacial score (nSPS) is 19.2. The molecule has 1 atom stereocenters. The fourth-order valence-electron chi connectivity index (χ4n) is 2.19. The quantitative estimate of drug-likeness (QED) is 0.870. The molecule has 4 heteroatoms. The molecule has 0 radical (unpaired) electrons. The zero-order valence-corrected chi connectivity index (χ0v) is 10.8. The number of hydrogen-bond acceptors (Lipinski definition) is 3. The summed E-state index contributed by atoms with van der Waals surface area (Å²) in [6.07, 6.45) is 2.33. The van der Waals surface area contributed by atoms with E-state index in [1.165, 1.54) is 23.6 Å². The van der Waals surface area contributed by atoms with E-state index in [0.29, 0.717) is 6.04 Å². The standard InChI is InChI=1S/C13H18FNOS/c1-9(15-11-4-6-17-7-5-11)12-3-2-10(14)8-13(12)16/h2-3,8-9,11,15-16H,4-7H2,1H3. The molecule has 1 aliphatic rings. The van der Waals surface area contributed by atoms with Gasteiger partial charge in [0.2, 0.25) is 0 Å². The molecule has 1 fully saturated rings. The van der Waals surface area contributed by atoms with E-state index in [-0.39, 0.29) is 11.8 Å². The van der Waals surface area contributed by atoms with Crippen LogP contribution in [0.25, 0.3) is 0 Å². The molecular formula is C13H18FNOS. The summed E-state index contributed by atoms with van der Waals surface area (Å²) in [7, 11) is 0. The van der Waals surface area contributed by atoms with E-state index in [1.807, 2.05) is 18.7 Å². The summed E-state index contributed by atoms with van der Waals surface area (Å²) in [6, 6.07) is 4.79. The fraction of sp³-hybridized carbons (Fsp3) is 0.538. The molecule has 1 aromatic carbocycles. The molecule has 1 saturated heterocycles. The second kappa shape index (κ2) is 5.74. The van der Waals surface area contributed by atoms with Crippen molar-refractivity contribution in [1.29, 1.82) is 0 Å². The number of nitrogens with one attached hydrogen (secondary N) is 1. The second-order valence-corrected chi connectivity index (χ2v) is 5.70. The lowest BCUT2D eigenvalue weighted by Crippen LogP contribution is -2.34. The Bertz CT molecular complexity index is 380. The molecule has 0 aromatic heterocycles. The van der Waals surface area contributed by atoms with Gasteiger partial charge in [0.15, 0.2) is 0 Å². The van der Waals surface area contributed by atoms with Gasteiger partial charge in [0.25, 0.3) is 0 Å². The molecule has 0 aliphatic carbocycles. The topological polar surface area (TPSA) is 32.3 Å². The van der Waals surface area contributed by atoms with Crippen LogP contribution in [0, 0.1) is 5.82 Å². The van der Waals surface area contributed by atoms with Gasteiger partial charge < -0.3 is 10.4 Å². The number of phenolic OH excluding ortho intramolecular Hbond substituents is 1. The minimum atomic E-state index is -0.396. The third-order valence-corrected chi connectivity index (χ3v) is 4.21. The molecule has 2 N–H and O–H groups in total. The first-order chi connectivity index (χ1) is 8.16. The average molecular weight is 255 g/mol. The van der Waals surface area contributed by atoms with Crippen molar-refractivity contribution in [3.05, 3.63) is 29.6 Å². The monoisotopic (exact) mass is 255 g/mol. The third kappa shape index (κ3) is 3.36. The number of thioether (sulfide) groups is 1. The van der Waals surface area contributed by atoms with Gasteiger partial charge in [0.05, 0.1) is 0 Å². The number of rotatable bonds is 3. The molecule has 1 heterocycles. The van der Waals surface area contributed by atoms with Crippen molar-refractivity contribution in [2.75, 3.05) is 11.5 Å². The molecule has 1 aromatic rings. The van der Waals surface area contributed by atoms with E-state index in [1.54, 1.807) is 6.07 Å². The molecule has 1 aliphatic heterocycles. The fourth-order valence-corrected chi connectivity index (χ4v) is 3.30. The van der Waals surface area contributed by atoms with Crippen LogP contribution in [-0.4, -0.2) is 22.7 Å². The van der Waals surface area contributed by atoms with Crippen LogP contribution in [0.15, 0.2) is 18.2 Å². The molecule has 0 spiro atoms. The van der Waals surface area contributed by atoms with E-state index in [2.05, 4.69) is 5.32 Å². The first kappa shape index (κ1) is 12.7. The number of hydrogen-bond donors (Lipinski definition) is 2. The highest BCUT2D eigenvalue weighted by Crippen LogP contribution is 2.26. The van der Waals surface area contributed by atoms with Crippen molar-refractivity contribution < 1.29 is 9.50 Å². The highest BCUT2D eigenvalue weighted by Gasteiger charge is 2.18. The molecule has 1 unspecified atom stereocenters. The minimum Gasteiger partial charge on any atom is -0.508 e. The van der Waals surface area contributed by atoms with E-state index >= 15 is 0 Å². The van der Waals surface area contributed by atoms with Crippen LogP contribution in [0.3, 0.4) is 0 Å². The Morgan fingerprint density at radius 2 is 2.12 bits per heavy atom. The summed E-state index contributed by atoms with van der Waals surface area (Å²) in [5, 5.41) is 13.2. The third-order valence-electron chi connectivity index (χ3n) is 3.17. The van der Waals surface area contributed by atoms with E-state index in [0.717, 1.165) is 18.4 Å². The number of halogens is 1. The molecule has 0 bridgehead atoms. The van der Waals surface area contributed by atoms with Crippen molar-refractivity contribution in [2.24, 2.45) is 0 Å². The Hall–Kier alpha value is -0.740. The smallest absolute Gasteiger partial charge is 0.126 e. The van der Waals surface area contributed by atoms with Gasteiger partial charge in [-0.2, -0.15) is 11.8 Å². The molecule has 17 heavy (non-hydrogen) atoms. The average Bonchev–Trinajstić information content (AvgIpc) is 2.30. The highest BCUT2D eigenvalue weighted by molar-refractivity contribution is 7.99. The highest BCUT2D eigenvalue weighted by atomic mass is 32.2. The van der Waals surface area contributed by atoms with Gasteiger partial charge in [-0.15, -0.1) is 0 Å². The summed E-state index contributed by atoms with van der Waals surface area (Å²) >= 11 is 1.99. The summed E-state index contributed by atoms with van der Waals surface area (Å²) in [6.45, 7) is 2.01. The van der Waals surface area contributed by atoms with E-state index in [9.17, 15) is 9.50 Å². The van der Waals surface area contributed by atoms with E-state index in [4.69, 9.17) is 0 Å². The van der Waals surface area contributed by atoms with Gasteiger partial charge in [-0.1, -0.05) is 6.07 Å². The van der Waals surface area contributed by atoms with Crippen LogP contribution in [-0.2, 0) is 0 Å². The maximum Gasteiger partial charge on any atom is 0.126 e. The van der Waals surface area contributed by atoms with Crippen LogP contribution < -0.4 is 5.32 Å². The van der Waals surface area contributed by atoms with Crippen molar-refractivity contribution in [1.82, 2.24) is 5.32 Å². The van der Waals surface area contributed by atoms with Crippen molar-refractivity contribution in [3.8, 4) is 5.75 Å². The van der Waals surface area contributed by atoms with Gasteiger partial charge in [-0.25, -0.2) is 4.39 Å². The van der Waals surface area contributed by atoms with Gasteiger partial charge in [-0.3, -0.25) is 0 Å². The number of aromatic hydroxyl groups is 1. The molecule has 2 rings (SSSR count). The largest absolute Gasteiger partial charge is 0.508 e. The van der Waals surface area contributed by atoms with Crippen molar-refractivity contribution in [2.45, 2.75) is 31.8 Å². The van der Waals surface area contributed by atoms with Gasteiger partial charge >= 0.3 is 0 Å². The van der Waals surface area contributed by atoms with Gasteiger partial charge in [0.1, 0.15) is 11.6 Å². The molecule has 2 nitrogen and oxygen atoms in total. The van der Waals surface area contributed by atoms with E-state index < -0.39 is 5.82 Å². The predicted octanol–water partition coefficient (Wildman–Crippen LogP) is 3.08.